The number of carbonyl (C=O) groups excluding carboxylic acids is 1. The molecule has 5 nitrogen and oxygen atoms in total. The van der Waals surface area contributed by atoms with Crippen LogP contribution in [0.3, 0.4) is 0 Å². The Morgan fingerprint density at radius 3 is 2.43 bits per heavy atom. The predicted octanol–water partition coefficient (Wildman–Crippen LogP) is 1.50. The van der Waals surface area contributed by atoms with E-state index in [1.165, 1.54) is 12.1 Å². The first kappa shape index (κ1) is 17.4. The Hall–Kier alpha value is -1.66. The van der Waals surface area contributed by atoms with Gasteiger partial charge >= 0.3 is 0 Å². The Morgan fingerprint density at radius 1 is 1.29 bits per heavy atom. The first-order chi connectivity index (χ1) is 9.86. The van der Waals surface area contributed by atoms with Crippen LogP contribution in [0.1, 0.15) is 20.3 Å². The first-order valence-electron chi connectivity index (χ1n) is 6.76. The average molecular weight is 311 g/mol. The summed E-state index contributed by atoms with van der Waals surface area (Å²) in [5.74, 6) is -0.332. The second-order valence-corrected chi connectivity index (χ2v) is 6.87. The van der Waals surface area contributed by atoms with Gasteiger partial charge in [-0.15, -0.1) is 0 Å². The third-order valence-electron chi connectivity index (χ3n) is 3.04. The normalized spacial score (nSPS) is 13.5. The molecule has 0 saturated carbocycles. The number of carbonyl (C=O) groups is 1. The second-order valence-electron chi connectivity index (χ2n) is 5.03. The molecule has 0 aromatic heterocycles. The van der Waals surface area contributed by atoms with Crippen molar-refractivity contribution < 1.29 is 18.3 Å². The van der Waals surface area contributed by atoms with Gasteiger partial charge in [-0.05, 0) is 24.5 Å². The lowest BCUT2D eigenvalue weighted by molar-refractivity contribution is -0.117. The maximum absolute atomic E-state index is 12.0. The van der Waals surface area contributed by atoms with Crippen molar-refractivity contribution in [3.05, 3.63) is 41.8 Å². The van der Waals surface area contributed by atoms with E-state index in [4.69, 9.17) is 5.11 Å². The summed E-state index contributed by atoms with van der Waals surface area (Å²) in [6, 6.07) is 7.72. The van der Waals surface area contributed by atoms with E-state index < -0.39 is 15.7 Å². The van der Waals surface area contributed by atoms with Crippen LogP contribution >= 0.6 is 0 Å². The molecule has 1 rings (SSSR count). The van der Waals surface area contributed by atoms with Gasteiger partial charge in [-0.2, -0.15) is 0 Å². The zero-order chi connectivity index (χ0) is 15.9. The third kappa shape index (κ3) is 5.69. The van der Waals surface area contributed by atoms with E-state index in [-0.39, 0.29) is 23.5 Å². The van der Waals surface area contributed by atoms with Crippen molar-refractivity contribution in [3.63, 3.8) is 0 Å². The van der Waals surface area contributed by atoms with Crippen LogP contribution in [0.25, 0.3) is 0 Å². The van der Waals surface area contributed by atoms with E-state index in [2.05, 4.69) is 5.32 Å². The third-order valence-corrected chi connectivity index (χ3v) is 4.47. The number of benzene rings is 1. The lowest BCUT2D eigenvalue weighted by Crippen LogP contribution is -2.38. The number of aliphatic hydroxyl groups excluding tert-OH is 1. The van der Waals surface area contributed by atoms with Crippen LogP contribution in [0.2, 0.25) is 0 Å². The standard InChI is InChI=1S/C15H21NO4S/c1-12(2)14(8-10-17)16-15(18)9-11-21(19,20)13-6-4-3-5-7-13/h3-7,9,11-12,14,17H,8,10H2,1-2H3,(H,16,18)/b11-9+. The van der Waals surface area contributed by atoms with Crippen molar-refractivity contribution in [3.8, 4) is 0 Å². The minimum absolute atomic E-state index is 0.0326. The smallest absolute Gasteiger partial charge is 0.244 e. The number of amides is 1. The molecule has 1 amide bonds. The lowest BCUT2D eigenvalue weighted by Gasteiger charge is -2.20. The van der Waals surface area contributed by atoms with Gasteiger partial charge in [-0.3, -0.25) is 4.79 Å². The van der Waals surface area contributed by atoms with Crippen LogP contribution in [0.5, 0.6) is 0 Å². The van der Waals surface area contributed by atoms with Crippen LogP contribution in [0.15, 0.2) is 46.7 Å². The van der Waals surface area contributed by atoms with Gasteiger partial charge in [0.25, 0.3) is 0 Å². The van der Waals surface area contributed by atoms with Crippen LogP contribution < -0.4 is 5.32 Å². The van der Waals surface area contributed by atoms with Crippen molar-refractivity contribution in [2.75, 3.05) is 6.61 Å². The summed E-state index contributed by atoms with van der Waals surface area (Å²) in [5, 5.41) is 12.5. The van der Waals surface area contributed by atoms with Gasteiger partial charge in [-0.25, -0.2) is 8.42 Å². The maximum atomic E-state index is 12.0. The molecular weight excluding hydrogens is 290 g/mol. The van der Waals surface area contributed by atoms with E-state index >= 15 is 0 Å². The molecule has 116 valence electrons. The van der Waals surface area contributed by atoms with E-state index in [0.717, 1.165) is 11.5 Å². The van der Waals surface area contributed by atoms with E-state index in [9.17, 15) is 13.2 Å². The highest BCUT2D eigenvalue weighted by Crippen LogP contribution is 2.11. The van der Waals surface area contributed by atoms with Gasteiger partial charge in [0.05, 0.1) is 4.90 Å². The second kappa shape index (κ2) is 7.95. The number of sulfone groups is 1. The largest absolute Gasteiger partial charge is 0.396 e. The lowest BCUT2D eigenvalue weighted by atomic mass is 10.0. The number of nitrogens with one attached hydrogen (secondary N) is 1. The van der Waals surface area contributed by atoms with Crippen LogP contribution in [0, 0.1) is 5.92 Å². The van der Waals surface area contributed by atoms with Crippen LogP contribution in [0.4, 0.5) is 0 Å². The Morgan fingerprint density at radius 2 is 1.90 bits per heavy atom. The fourth-order valence-electron chi connectivity index (χ4n) is 1.78. The molecule has 1 atom stereocenters. The summed E-state index contributed by atoms with van der Waals surface area (Å²) < 4.78 is 24.0. The molecule has 21 heavy (non-hydrogen) atoms. The highest BCUT2D eigenvalue weighted by molar-refractivity contribution is 7.94. The molecular formula is C15H21NO4S. The van der Waals surface area contributed by atoms with Gasteiger partial charge in [0.1, 0.15) is 0 Å². The average Bonchev–Trinajstić information content (AvgIpc) is 2.45. The summed E-state index contributed by atoms with van der Waals surface area (Å²) in [5.41, 5.74) is 0. The summed E-state index contributed by atoms with van der Waals surface area (Å²) >= 11 is 0. The van der Waals surface area contributed by atoms with Gasteiger partial charge in [0.15, 0.2) is 9.84 Å². The molecule has 0 saturated heterocycles. The monoisotopic (exact) mass is 311 g/mol. The fourth-order valence-corrected chi connectivity index (χ4v) is 2.78. The molecule has 0 heterocycles. The Labute approximate surface area is 125 Å². The molecule has 0 aliphatic carbocycles. The molecule has 2 N–H and O–H groups in total. The highest BCUT2D eigenvalue weighted by Gasteiger charge is 2.15. The molecule has 0 aliphatic rings. The molecule has 1 aromatic rings. The fraction of sp³-hybridized carbons (Fsp3) is 0.400. The zero-order valence-corrected chi connectivity index (χ0v) is 13.0. The molecule has 0 aliphatic heterocycles. The number of rotatable bonds is 7. The van der Waals surface area contributed by atoms with E-state index in [1.54, 1.807) is 18.2 Å². The van der Waals surface area contributed by atoms with Gasteiger partial charge in [-0.1, -0.05) is 32.0 Å². The summed E-state index contributed by atoms with van der Waals surface area (Å²) in [7, 11) is -3.61. The first-order valence-corrected chi connectivity index (χ1v) is 8.31. The van der Waals surface area contributed by atoms with E-state index in [0.29, 0.717) is 6.42 Å². The van der Waals surface area contributed by atoms with Gasteiger partial charge in [0.2, 0.25) is 5.91 Å². The van der Waals surface area contributed by atoms with Crippen molar-refractivity contribution in [1.82, 2.24) is 5.32 Å². The summed E-state index contributed by atoms with van der Waals surface area (Å²) in [6.45, 7) is 3.81. The Balaban J connectivity index is 2.74. The molecule has 0 fully saturated rings. The molecule has 0 radical (unpaired) electrons. The predicted molar refractivity (Wildman–Crippen MR) is 81.2 cm³/mol. The molecule has 0 bridgehead atoms. The molecule has 0 spiro atoms. The quantitative estimate of drug-likeness (QED) is 0.747. The van der Waals surface area contributed by atoms with Crippen molar-refractivity contribution in [2.45, 2.75) is 31.2 Å². The number of aliphatic hydroxyl groups is 1. The van der Waals surface area contributed by atoms with Gasteiger partial charge < -0.3 is 10.4 Å². The van der Waals surface area contributed by atoms with Crippen LogP contribution in [-0.4, -0.2) is 32.1 Å². The topological polar surface area (TPSA) is 83.5 Å². The SMILES string of the molecule is CC(C)C(CCO)NC(=O)/C=C/S(=O)(=O)c1ccccc1. The van der Waals surface area contributed by atoms with Gasteiger partial charge in [0, 0.05) is 24.1 Å². The Kier molecular flexibility index (Phi) is 6.58. The summed E-state index contributed by atoms with van der Waals surface area (Å²) in [4.78, 5) is 11.9. The highest BCUT2D eigenvalue weighted by atomic mass is 32.2. The minimum atomic E-state index is -3.61. The molecule has 6 heteroatoms. The Bertz CT molecular complexity index is 579. The zero-order valence-electron chi connectivity index (χ0n) is 12.2. The number of hydrogen-bond donors (Lipinski definition) is 2. The molecule has 1 unspecified atom stereocenters. The minimum Gasteiger partial charge on any atom is -0.396 e. The van der Waals surface area contributed by atoms with Crippen molar-refractivity contribution in [2.24, 2.45) is 5.92 Å². The van der Waals surface area contributed by atoms with Crippen molar-refractivity contribution >= 4 is 15.7 Å². The summed E-state index contributed by atoms with van der Waals surface area (Å²) in [6.07, 6.45) is 1.44. The van der Waals surface area contributed by atoms with E-state index in [1.807, 2.05) is 13.8 Å². The van der Waals surface area contributed by atoms with Crippen molar-refractivity contribution in [1.29, 1.82) is 0 Å². The van der Waals surface area contributed by atoms with Crippen LogP contribution in [-0.2, 0) is 14.6 Å². The molecule has 1 aromatic carbocycles. The number of hydrogen-bond acceptors (Lipinski definition) is 4. The maximum Gasteiger partial charge on any atom is 0.244 e.